The van der Waals surface area contributed by atoms with Crippen LogP contribution in [0.1, 0.15) is 24.8 Å². The summed E-state index contributed by atoms with van der Waals surface area (Å²) in [4.78, 5) is 0. The maximum atomic E-state index is 5.39. The van der Waals surface area contributed by atoms with Crippen LogP contribution < -0.4 is 10.7 Å². The van der Waals surface area contributed by atoms with Gasteiger partial charge < -0.3 is 5.32 Å². The molecule has 3 nitrogen and oxygen atoms in total. The SMILES string of the molecule is S=C(N/N=C\C=C\c1ccccc1)NC1CC2CC1C1C=CCC21. The van der Waals surface area contributed by atoms with Crippen molar-refractivity contribution in [2.45, 2.75) is 25.3 Å². The van der Waals surface area contributed by atoms with Crippen molar-refractivity contribution >= 4 is 29.6 Å². The number of thiocarbonyl (C=S) groups is 1. The van der Waals surface area contributed by atoms with E-state index in [0.29, 0.717) is 11.2 Å². The normalized spacial score (nSPS) is 33.4. The molecule has 5 atom stereocenters. The van der Waals surface area contributed by atoms with Crippen LogP contribution in [0.4, 0.5) is 0 Å². The third kappa shape index (κ3) is 3.16. The van der Waals surface area contributed by atoms with Crippen molar-refractivity contribution in [1.29, 1.82) is 0 Å². The van der Waals surface area contributed by atoms with Gasteiger partial charge in [-0.15, -0.1) is 0 Å². The topological polar surface area (TPSA) is 36.4 Å². The first-order chi connectivity index (χ1) is 11.8. The summed E-state index contributed by atoms with van der Waals surface area (Å²) in [5.74, 6) is 3.32. The maximum absolute atomic E-state index is 5.39. The van der Waals surface area contributed by atoms with Gasteiger partial charge in [0.05, 0.1) is 0 Å². The van der Waals surface area contributed by atoms with E-state index in [9.17, 15) is 0 Å². The van der Waals surface area contributed by atoms with Gasteiger partial charge in [0.15, 0.2) is 5.11 Å². The van der Waals surface area contributed by atoms with Gasteiger partial charge in [-0.3, -0.25) is 5.43 Å². The second kappa shape index (κ2) is 6.89. The predicted molar refractivity (Wildman–Crippen MR) is 104 cm³/mol. The van der Waals surface area contributed by atoms with Gasteiger partial charge >= 0.3 is 0 Å². The van der Waals surface area contributed by atoms with Gasteiger partial charge in [0.1, 0.15) is 0 Å². The van der Waals surface area contributed by atoms with Crippen molar-refractivity contribution in [3.8, 4) is 0 Å². The fourth-order valence-corrected chi connectivity index (χ4v) is 4.97. The molecule has 2 N–H and O–H groups in total. The molecule has 4 rings (SSSR count). The highest BCUT2D eigenvalue weighted by Crippen LogP contribution is 2.56. The molecular formula is C20H23N3S. The molecular weight excluding hydrogens is 314 g/mol. The van der Waals surface area contributed by atoms with Crippen molar-refractivity contribution in [3.05, 3.63) is 54.1 Å². The Labute approximate surface area is 148 Å². The number of rotatable bonds is 4. The smallest absolute Gasteiger partial charge is 0.187 e. The zero-order valence-electron chi connectivity index (χ0n) is 13.6. The van der Waals surface area contributed by atoms with Crippen LogP contribution in [0.3, 0.4) is 0 Å². The number of hydrazone groups is 1. The van der Waals surface area contributed by atoms with Crippen molar-refractivity contribution < 1.29 is 0 Å². The minimum atomic E-state index is 0.508. The quantitative estimate of drug-likeness (QED) is 0.380. The molecule has 0 aromatic heterocycles. The van der Waals surface area contributed by atoms with E-state index >= 15 is 0 Å². The molecule has 2 saturated carbocycles. The van der Waals surface area contributed by atoms with Crippen LogP contribution in [0, 0.1) is 23.7 Å². The fraction of sp³-hybridized carbons (Fsp3) is 0.400. The Morgan fingerprint density at radius 3 is 2.92 bits per heavy atom. The van der Waals surface area contributed by atoms with Gasteiger partial charge in [-0.25, -0.2) is 0 Å². The lowest BCUT2D eigenvalue weighted by Gasteiger charge is -2.32. The van der Waals surface area contributed by atoms with Crippen molar-refractivity contribution in [3.63, 3.8) is 0 Å². The highest BCUT2D eigenvalue weighted by Gasteiger charge is 2.52. The average molecular weight is 337 g/mol. The Kier molecular flexibility index (Phi) is 4.48. The van der Waals surface area contributed by atoms with E-state index in [1.54, 1.807) is 6.21 Å². The summed E-state index contributed by atoms with van der Waals surface area (Å²) in [7, 11) is 0. The molecule has 0 aliphatic heterocycles. The van der Waals surface area contributed by atoms with Crippen molar-refractivity contribution in [2.24, 2.45) is 28.8 Å². The minimum absolute atomic E-state index is 0.508. The van der Waals surface area contributed by atoms with Gasteiger partial charge in [-0.2, -0.15) is 5.10 Å². The third-order valence-corrected chi connectivity index (χ3v) is 5.95. The Morgan fingerprint density at radius 2 is 2.04 bits per heavy atom. The number of nitrogens with zero attached hydrogens (tertiary/aromatic N) is 1. The molecule has 124 valence electrons. The number of benzene rings is 1. The van der Waals surface area contributed by atoms with Crippen LogP contribution in [0.5, 0.6) is 0 Å². The molecule has 1 aromatic carbocycles. The molecule has 0 spiro atoms. The van der Waals surface area contributed by atoms with Crippen LogP contribution in [-0.2, 0) is 0 Å². The number of fused-ring (bicyclic) bond motifs is 5. The lowest BCUT2D eigenvalue weighted by Crippen LogP contribution is -2.45. The van der Waals surface area contributed by atoms with Crippen LogP contribution in [-0.4, -0.2) is 17.4 Å². The van der Waals surface area contributed by atoms with Gasteiger partial charge in [-0.05, 0) is 66.8 Å². The third-order valence-electron chi connectivity index (χ3n) is 5.74. The van der Waals surface area contributed by atoms with E-state index in [0.717, 1.165) is 29.2 Å². The standard InChI is InChI=1S/C20H23N3S/c24-20(23-21-11-5-8-14-6-2-1-3-7-14)22-19-13-15-12-18(19)17-10-4-9-16(15)17/h1-8,10-11,15-19H,9,12-13H2,(H2,22,23,24)/b8-5+,21-11-. The molecule has 5 unspecified atom stereocenters. The molecule has 4 heteroatoms. The zero-order chi connectivity index (χ0) is 16.4. The first kappa shape index (κ1) is 15.6. The molecule has 3 aliphatic rings. The first-order valence-electron chi connectivity index (χ1n) is 8.79. The Hall–Kier alpha value is -1.94. The second-order valence-electron chi connectivity index (χ2n) is 7.04. The highest BCUT2D eigenvalue weighted by atomic mass is 32.1. The molecule has 2 bridgehead atoms. The van der Waals surface area contributed by atoms with Crippen LogP contribution in [0.15, 0.2) is 53.7 Å². The predicted octanol–water partition coefficient (Wildman–Crippen LogP) is 3.75. The van der Waals surface area contributed by atoms with Gasteiger partial charge in [0.2, 0.25) is 0 Å². The summed E-state index contributed by atoms with van der Waals surface area (Å²) in [6.45, 7) is 0. The lowest BCUT2D eigenvalue weighted by molar-refractivity contribution is 0.246. The van der Waals surface area contributed by atoms with E-state index in [1.165, 1.54) is 19.3 Å². The number of hydrogen-bond donors (Lipinski definition) is 2. The van der Waals surface area contributed by atoms with Gasteiger partial charge in [0.25, 0.3) is 0 Å². The Balaban J connectivity index is 1.24. The lowest BCUT2D eigenvalue weighted by atomic mass is 9.79. The molecule has 0 radical (unpaired) electrons. The summed E-state index contributed by atoms with van der Waals surface area (Å²) in [6.07, 6.45) is 14.4. The van der Waals surface area contributed by atoms with Gasteiger partial charge in [0, 0.05) is 12.3 Å². The van der Waals surface area contributed by atoms with E-state index in [4.69, 9.17) is 12.2 Å². The van der Waals surface area contributed by atoms with E-state index in [2.05, 4.69) is 40.1 Å². The zero-order valence-corrected chi connectivity index (χ0v) is 14.5. The van der Waals surface area contributed by atoms with E-state index < -0.39 is 0 Å². The first-order valence-corrected chi connectivity index (χ1v) is 9.20. The summed E-state index contributed by atoms with van der Waals surface area (Å²) in [6, 6.07) is 10.7. The molecule has 3 aliphatic carbocycles. The number of nitrogens with one attached hydrogen (secondary N) is 2. The molecule has 24 heavy (non-hydrogen) atoms. The molecule has 2 fully saturated rings. The van der Waals surface area contributed by atoms with Crippen LogP contribution >= 0.6 is 12.2 Å². The van der Waals surface area contributed by atoms with Crippen molar-refractivity contribution in [1.82, 2.24) is 10.7 Å². The molecule has 0 heterocycles. The number of allylic oxidation sites excluding steroid dienone is 3. The minimum Gasteiger partial charge on any atom is -0.358 e. The average Bonchev–Trinajstić information content (AvgIpc) is 3.28. The Morgan fingerprint density at radius 1 is 1.17 bits per heavy atom. The summed E-state index contributed by atoms with van der Waals surface area (Å²) in [5.41, 5.74) is 4.09. The number of hydrogen-bond acceptors (Lipinski definition) is 2. The Bertz CT molecular complexity index is 679. The van der Waals surface area contributed by atoms with Crippen molar-refractivity contribution in [2.75, 3.05) is 0 Å². The maximum Gasteiger partial charge on any atom is 0.187 e. The summed E-state index contributed by atoms with van der Waals surface area (Å²) < 4.78 is 0. The van der Waals surface area contributed by atoms with Gasteiger partial charge in [-0.1, -0.05) is 48.6 Å². The largest absolute Gasteiger partial charge is 0.358 e. The monoisotopic (exact) mass is 337 g/mol. The van der Waals surface area contributed by atoms with Crippen LogP contribution in [0.25, 0.3) is 6.08 Å². The fourth-order valence-electron chi connectivity index (χ4n) is 4.77. The van der Waals surface area contributed by atoms with E-state index in [1.807, 2.05) is 30.4 Å². The molecule has 0 amide bonds. The molecule has 0 saturated heterocycles. The molecule has 1 aromatic rings. The van der Waals surface area contributed by atoms with E-state index in [-0.39, 0.29) is 0 Å². The highest BCUT2D eigenvalue weighted by molar-refractivity contribution is 7.80. The summed E-state index contributed by atoms with van der Waals surface area (Å²) >= 11 is 5.39. The summed E-state index contributed by atoms with van der Waals surface area (Å²) in [5, 5.41) is 8.29. The second-order valence-corrected chi connectivity index (χ2v) is 7.45. The van der Waals surface area contributed by atoms with Crippen LogP contribution in [0.2, 0.25) is 0 Å².